The van der Waals surface area contributed by atoms with Crippen molar-refractivity contribution in [2.75, 3.05) is 20.2 Å². The SMILES string of the molecule is COc1ccccc1/C=C/CN1CCCCC1C(C)O. The van der Waals surface area contributed by atoms with Gasteiger partial charge in [0.1, 0.15) is 5.75 Å². The molecular weight excluding hydrogens is 250 g/mol. The summed E-state index contributed by atoms with van der Waals surface area (Å²) in [5.41, 5.74) is 1.10. The molecule has 2 atom stereocenters. The minimum atomic E-state index is -0.255. The quantitative estimate of drug-likeness (QED) is 0.897. The molecule has 1 aliphatic heterocycles. The van der Waals surface area contributed by atoms with E-state index >= 15 is 0 Å². The van der Waals surface area contributed by atoms with Crippen LogP contribution in [0.5, 0.6) is 5.75 Å². The van der Waals surface area contributed by atoms with Gasteiger partial charge in [-0.2, -0.15) is 0 Å². The molecule has 3 nitrogen and oxygen atoms in total. The Morgan fingerprint density at radius 3 is 2.95 bits per heavy atom. The Morgan fingerprint density at radius 1 is 1.40 bits per heavy atom. The van der Waals surface area contributed by atoms with Crippen LogP contribution in [0.2, 0.25) is 0 Å². The second-order valence-electron chi connectivity index (χ2n) is 5.44. The molecule has 2 rings (SSSR count). The number of aliphatic hydroxyl groups is 1. The van der Waals surface area contributed by atoms with E-state index in [9.17, 15) is 5.11 Å². The van der Waals surface area contributed by atoms with Crippen molar-refractivity contribution in [1.82, 2.24) is 4.90 Å². The highest BCUT2D eigenvalue weighted by Crippen LogP contribution is 2.21. The topological polar surface area (TPSA) is 32.7 Å². The number of likely N-dealkylation sites (tertiary alicyclic amines) is 1. The molecule has 0 radical (unpaired) electrons. The second kappa shape index (κ2) is 7.46. The van der Waals surface area contributed by atoms with E-state index in [1.165, 1.54) is 12.8 Å². The van der Waals surface area contributed by atoms with E-state index in [1.54, 1.807) is 7.11 Å². The number of methoxy groups -OCH3 is 1. The Hall–Kier alpha value is -1.32. The van der Waals surface area contributed by atoms with Gasteiger partial charge in [0.25, 0.3) is 0 Å². The van der Waals surface area contributed by atoms with E-state index in [2.05, 4.69) is 23.1 Å². The largest absolute Gasteiger partial charge is 0.496 e. The van der Waals surface area contributed by atoms with Crippen molar-refractivity contribution in [3.05, 3.63) is 35.9 Å². The fourth-order valence-electron chi connectivity index (χ4n) is 2.91. The van der Waals surface area contributed by atoms with Gasteiger partial charge in [-0.05, 0) is 32.4 Å². The van der Waals surface area contributed by atoms with Crippen molar-refractivity contribution in [1.29, 1.82) is 0 Å². The molecule has 0 spiro atoms. The van der Waals surface area contributed by atoms with Gasteiger partial charge in [0, 0.05) is 18.2 Å². The standard InChI is InChI=1S/C17H25NO2/c1-14(19)16-10-5-6-12-18(16)13-7-9-15-8-3-4-11-17(15)20-2/h3-4,7-9,11,14,16,19H,5-6,10,12-13H2,1-2H3/b9-7+. The third kappa shape index (κ3) is 3.84. The fraction of sp³-hybridized carbons (Fsp3) is 0.529. The monoisotopic (exact) mass is 275 g/mol. The van der Waals surface area contributed by atoms with Gasteiger partial charge in [0.05, 0.1) is 13.2 Å². The molecule has 3 heteroatoms. The van der Waals surface area contributed by atoms with Gasteiger partial charge in [-0.25, -0.2) is 0 Å². The maximum Gasteiger partial charge on any atom is 0.126 e. The zero-order chi connectivity index (χ0) is 14.4. The Balaban J connectivity index is 1.98. The van der Waals surface area contributed by atoms with Crippen LogP contribution in [0.1, 0.15) is 31.7 Å². The van der Waals surface area contributed by atoms with Crippen LogP contribution in [0.3, 0.4) is 0 Å². The predicted octanol–water partition coefficient (Wildman–Crippen LogP) is 2.94. The first-order chi connectivity index (χ1) is 9.72. The van der Waals surface area contributed by atoms with Crippen molar-refractivity contribution in [2.45, 2.75) is 38.3 Å². The van der Waals surface area contributed by atoms with E-state index in [0.717, 1.165) is 30.8 Å². The third-order valence-electron chi connectivity index (χ3n) is 4.00. The van der Waals surface area contributed by atoms with Crippen LogP contribution in [0.15, 0.2) is 30.3 Å². The van der Waals surface area contributed by atoms with Gasteiger partial charge >= 0.3 is 0 Å². The van der Waals surface area contributed by atoms with E-state index < -0.39 is 0 Å². The predicted molar refractivity (Wildman–Crippen MR) is 82.9 cm³/mol. The average Bonchev–Trinajstić information content (AvgIpc) is 2.48. The minimum Gasteiger partial charge on any atom is -0.496 e. The van der Waals surface area contributed by atoms with Crippen LogP contribution >= 0.6 is 0 Å². The van der Waals surface area contributed by atoms with E-state index in [0.29, 0.717) is 6.04 Å². The molecule has 110 valence electrons. The fourth-order valence-corrected chi connectivity index (χ4v) is 2.91. The van der Waals surface area contributed by atoms with E-state index in [-0.39, 0.29) is 6.10 Å². The molecule has 0 amide bonds. The molecule has 0 saturated carbocycles. The maximum absolute atomic E-state index is 9.86. The van der Waals surface area contributed by atoms with Crippen molar-refractivity contribution in [3.8, 4) is 5.75 Å². The van der Waals surface area contributed by atoms with Gasteiger partial charge in [0.15, 0.2) is 0 Å². The molecule has 1 N–H and O–H groups in total. The molecule has 2 unspecified atom stereocenters. The first-order valence-corrected chi connectivity index (χ1v) is 7.44. The number of piperidine rings is 1. The van der Waals surface area contributed by atoms with Crippen molar-refractivity contribution in [2.24, 2.45) is 0 Å². The highest BCUT2D eigenvalue weighted by atomic mass is 16.5. The molecular formula is C17H25NO2. The molecule has 1 heterocycles. The third-order valence-corrected chi connectivity index (χ3v) is 4.00. The number of nitrogens with zero attached hydrogens (tertiary/aromatic N) is 1. The van der Waals surface area contributed by atoms with Gasteiger partial charge in [0.2, 0.25) is 0 Å². The first kappa shape index (κ1) is 15.1. The molecule has 0 aliphatic carbocycles. The minimum absolute atomic E-state index is 0.255. The zero-order valence-electron chi connectivity index (χ0n) is 12.5. The van der Waals surface area contributed by atoms with Gasteiger partial charge < -0.3 is 9.84 Å². The molecule has 1 fully saturated rings. The Labute approximate surface area is 121 Å². The number of hydrogen-bond acceptors (Lipinski definition) is 3. The molecule has 20 heavy (non-hydrogen) atoms. The average molecular weight is 275 g/mol. The lowest BCUT2D eigenvalue weighted by Crippen LogP contribution is -2.45. The highest BCUT2D eigenvalue weighted by molar-refractivity contribution is 5.57. The van der Waals surface area contributed by atoms with Gasteiger partial charge in [-0.15, -0.1) is 0 Å². The number of ether oxygens (including phenoxy) is 1. The highest BCUT2D eigenvalue weighted by Gasteiger charge is 2.24. The van der Waals surface area contributed by atoms with Crippen LogP contribution in [0, 0.1) is 0 Å². The summed E-state index contributed by atoms with van der Waals surface area (Å²) < 4.78 is 5.34. The Bertz CT molecular complexity index is 442. The summed E-state index contributed by atoms with van der Waals surface area (Å²) in [6.45, 7) is 3.85. The lowest BCUT2D eigenvalue weighted by molar-refractivity contribution is 0.0439. The number of hydrogen-bond donors (Lipinski definition) is 1. The molecule has 0 aromatic heterocycles. The van der Waals surface area contributed by atoms with Crippen molar-refractivity contribution < 1.29 is 9.84 Å². The second-order valence-corrected chi connectivity index (χ2v) is 5.44. The zero-order valence-corrected chi connectivity index (χ0v) is 12.5. The van der Waals surface area contributed by atoms with Crippen LogP contribution in [0.4, 0.5) is 0 Å². The van der Waals surface area contributed by atoms with Crippen molar-refractivity contribution in [3.63, 3.8) is 0 Å². The molecule has 1 aromatic rings. The van der Waals surface area contributed by atoms with Gasteiger partial charge in [-0.3, -0.25) is 4.90 Å². The summed E-state index contributed by atoms with van der Waals surface area (Å²) in [5.74, 6) is 0.898. The summed E-state index contributed by atoms with van der Waals surface area (Å²) >= 11 is 0. The van der Waals surface area contributed by atoms with Crippen LogP contribution in [-0.4, -0.2) is 42.4 Å². The number of aliphatic hydroxyl groups excluding tert-OH is 1. The van der Waals surface area contributed by atoms with Crippen LogP contribution in [0.25, 0.3) is 6.08 Å². The van der Waals surface area contributed by atoms with E-state index in [4.69, 9.17) is 4.74 Å². The smallest absolute Gasteiger partial charge is 0.126 e. The summed E-state index contributed by atoms with van der Waals surface area (Å²) in [7, 11) is 1.70. The molecule has 1 aromatic carbocycles. The summed E-state index contributed by atoms with van der Waals surface area (Å²) in [4.78, 5) is 2.38. The summed E-state index contributed by atoms with van der Waals surface area (Å²) in [6.07, 6.45) is 7.56. The van der Waals surface area contributed by atoms with Gasteiger partial charge in [-0.1, -0.05) is 36.8 Å². The number of benzene rings is 1. The van der Waals surface area contributed by atoms with Crippen LogP contribution < -0.4 is 4.74 Å². The molecule has 1 saturated heterocycles. The van der Waals surface area contributed by atoms with Crippen LogP contribution in [-0.2, 0) is 0 Å². The number of para-hydroxylation sites is 1. The Kier molecular flexibility index (Phi) is 5.62. The number of rotatable bonds is 5. The first-order valence-electron chi connectivity index (χ1n) is 7.44. The molecule has 1 aliphatic rings. The molecule has 0 bridgehead atoms. The summed E-state index contributed by atoms with van der Waals surface area (Å²) in [5, 5.41) is 9.86. The normalized spacial score (nSPS) is 22.1. The maximum atomic E-state index is 9.86. The summed E-state index contributed by atoms with van der Waals surface area (Å²) in [6, 6.07) is 8.31. The lowest BCUT2D eigenvalue weighted by atomic mass is 9.98. The Morgan fingerprint density at radius 2 is 2.20 bits per heavy atom. The van der Waals surface area contributed by atoms with Crippen molar-refractivity contribution >= 4 is 6.08 Å². The van der Waals surface area contributed by atoms with E-state index in [1.807, 2.05) is 25.1 Å². The lowest BCUT2D eigenvalue weighted by Gasteiger charge is -2.36.